The summed E-state index contributed by atoms with van der Waals surface area (Å²) < 4.78 is 0. The van der Waals surface area contributed by atoms with Gasteiger partial charge in [-0.3, -0.25) is 0 Å². The summed E-state index contributed by atoms with van der Waals surface area (Å²) in [6.07, 6.45) is 1.14. The van der Waals surface area contributed by atoms with Crippen molar-refractivity contribution in [3.8, 4) is 5.75 Å². The molecule has 0 saturated carbocycles. The van der Waals surface area contributed by atoms with E-state index in [-0.39, 0.29) is 0 Å². The van der Waals surface area contributed by atoms with Crippen LogP contribution in [0.15, 0.2) is 24.3 Å². The molecule has 1 aromatic carbocycles. The molecule has 0 spiro atoms. The van der Waals surface area contributed by atoms with Crippen LogP contribution in [0.5, 0.6) is 5.75 Å². The molecule has 82 valence electrons. The molecule has 1 aliphatic rings. The van der Waals surface area contributed by atoms with E-state index in [0.29, 0.717) is 17.6 Å². The van der Waals surface area contributed by atoms with Crippen molar-refractivity contribution in [2.75, 3.05) is 19.6 Å². The Morgan fingerprint density at radius 2 is 2.07 bits per heavy atom. The molecule has 3 heteroatoms. The van der Waals surface area contributed by atoms with Gasteiger partial charge in [-0.15, -0.1) is 0 Å². The maximum absolute atomic E-state index is 9.24. The van der Waals surface area contributed by atoms with Crippen molar-refractivity contribution in [3.05, 3.63) is 29.8 Å². The molecule has 0 bridgehead atoms. The van der Waals surface area contributed by atoms with Gasteiger partial charge in [-0.2, -0.15) is 0 Å². The molecule has 1 aliphatic heterocycles. The Morgan fingerprint density at radius 3 is 2.73 bits per heavy atom. The van der Waals surface area contributed by atoms with Crippen molar-refractivity contribution in [1.82, 2.24) is 5.32 Å². The topological polar surface area (TPSA) is 58.3 Å². The summed E-state index contributed by atoms with van der Waals surface area (Å²) in [5, 5.41) is 12.6. The predicted octanol–water partition coefficient (Wildman–Crippen LogP) is 1.04. The lowest BCUT2D eigenvalue weighted by Crippen LogP contribution is -2.38. The Morgan fingerprint density at radius 1 is 1.33 bits per heavy atom. The van der Waals surface area contributed by atoms with E-state index in [1.165, 1.54) is 5.56 Å². The minimum Gasteiger partial charge on any atom is -0.508 e. The van der Waals surface area contributed by atoms with Gasteiger partial charge in [0.05, 0.1) is 0 Å². The first-order chi connectivity index (χ1) is 7.31. The molecule has 0 radical (unpaired) electrons. The van der Waals surface area contributed by atoms with E-state index in [1.54, 1.807) is 12.1 Å². The van der Waals surface area contributed by atoms with Crippen LogP contribution < -0.4 is 11.1 Å². The lowest BCUT2D eigenvalue weighted by molar-refractivity contribution is 0.331. The van der Waals surface area contributed by atoms with Crippen LogP contribution >= 0.6 is 0 Å². The smallest absolute Gasteiger partial charge is 0.115 e. The molecule has 0 aliphatic carbocycles. The van der Waals surface area contributed by atoms with Crippen molar-refractivity contribution in [3.63, 3.8) is 0 Å². The van der Waals surface area contributed by atoms with Gasteiger partial charge < -0.3 is 16.2 Å². The van der Waals surface area contributed by atoms with E-state index >= 15 is 0 Å². The third kappa shape index (κ3) is 2.30. The van der Waals surface area contributed by atoms with E-state index in [9.17, 15) is 5.11 Å². The van der Waals surface area contributed by atoms with Crippen molar-refractivity contribution in [2.24, 2.45) is 11.7 Å². The molecule has 2 rings (SSSR count). The van der Waals surface area contributed by atoms with Gasteiger partial charge in [-0.1, -0.05) is 12.1 Å². The Bertz CT molecular complexity index is 310. The predicted molar refractivity (Wildman–Crippen MR) is 60.9 cm³/mol. The molecule has 2 unspecified atom stereocenters. The summed E-state index contributed by atoms with van der Waals surface area (Å²) in [4.78, 5) is 0. The number of nitrogens with one attached hydrogen (secondary N) is 1. The molecule has 1 saturated heterocycles. The van der Waals surface area contributed by atoms with Gasteiger partial charge in [-0.05, 0) is 43.1 Å². The lowest BCUT2D eigenvalue weighted by atomic mass is 9.81. The maximum Gasteiger partial charge on any atom is 0.115 e. The fraction of sp³-hybridized carbons (Fsp3) is 0.500. The lowest BCUT2D eigenvalue weighted by Gasteiger charge is -2.31. The molecular formula is C12H18N2O. The Hall–Kier alpha value is -1.06. The number of nitrogens with two attached hydrogens (primary N) is 1. The average Bonchev–Trinajstić information content (AvgIpc) is 2.30. The molecule has 15 heavy (non-hydrogen) atoms. The Labute approximate surface area is 90.3 Å². The molecule has 4 N–H and O–H groups in total. The standard InChI is InChI=1S/C12H18N2O/c13-7-10-5-6-14-8-12(10)9-1-3-11(15)4-2-9/h1-4,10,12,14-15H,5-8,13H2. The molecule has 0 amide bonds. The van der Waals surface area contributed by atoms with Gasteiger partial charge in [-0.25, -0.2) is 0 Å². The van der Waals surface area contributed by atoms with Gasteiger partial charge in [0.25, 0.3) is 0 Å². The SMILES string of the molecule is NCC1CCNCC1c1ccc(O)cc1. The number of rotatable bonds is 2. The molecule has 3 nitrogen and oxygen atoms in total. The minimum atomic E-state index is 0.326. The van der Waals surface area contributed by atoms with Crippen LogP contribution in [-0.4, -0.2) is 24.7 Å². The average molecular weight is 206 g/mol. The monoisotopic (exact) mass is 206 g/mol. The molecule has 1 heterocycles. The molecule has 1 fully saturated rings. The van der Waals surface area contributed by atoms with E-state index in [4.69, 9.17) is 5.73 Å². The zero-order chi connectivity index (χ0) is 10.7. The fourth-order valence-electron chi connectivity index (χ4n) is 2.31. The molecule has 0 aromatic heterocycles. The zero-order valence-electron chi connectivity index (χ0n) is 8.82. The largest absolute Gasteiger partial charge is 0.508 e. The normalized spacial score (nSPS) is 26.5. The van der Waals surface area contributed by atoms with Crippen LogP contribution in [0.4, 0.5) is 0 Å². The van der Waals surface area contributed by atoms with Crippen LogP contribution in [0, 0.1) is 5.92 Å². The second-order valence-electron chi connectivity index (χ2n) is 4.19. The molecule has 1 aromatic rings. The number of hydrogen-bond acceptors (Lipinski definition) is 3. The second-order valence-corrected chi connectivity index (χ2v) is 4.19. The van der Waals surface area contributed by atoms with Crippen LogP contribution in [0.1, 0.15) is 17.9 Å². The Kier molecular flexibility index (Phi) is 3.23. The van der Waals surface area contributed by atoms with Crippen molar-refractivity contribution in [1.29, 1.82) is 0 Å². The number of phenols is 1. The quantitative estimate of drug-likeness (QED) is 0.677. The van der Waals surface area contributed by atoms with E-state index in [1.807, 2.05) is 12.1 Å². The summed E-state index contributed by atoms with van der Waals surface area (Å²) in [7, 11) is 0. The van der Waals surface area contributed by atoms with Gasteiger partial charge >= 0.3 is 0 Å². The van der Waals surface area contributed by atoms with Crippen LogP contribution in [0.2, 0.25) is 0 Å². The van der Waals surface area contributed by atoms with Crippen LogP contribution in [-0.2, 0) is 0 Å². The van der Waals surface area contributed by atoms with E-state index < -0.39 is 0 Å². The van der Waals surface area contributed by atoms with Crippen LogP contribution in [0.3, 0.4) is 0 Å². The third-order valence-electron chi connectivity index (χ3n) is 3.25. The highest BCUT2D eigenvalue weighted by atomic mass is 16.3. The number of hydrogen-bond donors (Lipinski definition) is 3. The number of aromatic hydroxyl groups is 1. The first-order valence-electron chi connectivity index (χ1n) is 5.51. The maximum atomic E-state index is 9.24. The van der Waals surface area contributed by atoms with Crippen molar-refractivity contribution < 1.29 is 5.11 Å². The Balaban J connectivity index is 2.16. The van der Waals surface area contributed by atoms with Gasteiger partial charge in [0.15, 0.2) is 0 Å². The van der Waals surface area contributed by atoms with Gasteiger partial charge in [0.2, 0.25) is 0 Å². The number of piperidine rings is 1. The summed E-state index contributed by atoms with van der Waals surface area (Å²) in [6.45, 7) is 2.80. The van der Waals surface area contributed by atoms with Gasteiger partial charge in [0.1, 0.15) is 5.75 Å². The van der Waals surface area contributed by atoms with Crippen molar-refractivity contribution >= 4 is 0 Å². The van der Waals surface area contributed by atoms with Crippen LogP contribution in [0.25, 0.3) is 0 Å². The van der Waals surface area contributed by atoms with E-state index in [2.05, 4.69) is 5.32 Å². The number of benzene rings is 1. The van der Waals surface area contributed by atoms with Gasteiger partial charge in [0, 0.05) is 12.5 Å². The zero-order valence-corrected chi connectivity index (χ0v) is 8.82. The first kappa shape index (κ1) is 10.5. The first-order valence-corrected chi connectivity index (χ1v) is 5.51. The summed E-state index contributed by atoms with van der Waals surface area (Å²) in [6, 6.07) is 7.49. The van der Waals surface area contributed by atoms with Crippen molar-refractivity contribution in [2.45, 2.75) is 12.3 Å². The highest BCUT2D eigenvalue weighted by molar-refractivity contribution is 5.29. The fourth-order valence-corrected chi connectivity index (χ4v) is 2.31. The number of phenolic OH excluding ortho intramolecular Hbond substituents is 1. The minimum absolute atomic E-state index is 0.326. The summed E-state index contributed by atoms with van der Waals surface area (Å²) in [5.41, 5.74) is 7.06. The highest BCUT2D eigenvalue weighted by Crippen LogP contribution is 2.29. The highest BCUT2D eigenvalue weighted by Gasteiger charge is 2.24. The summed E-state index contributed by atoms with van der Waals surface area (Å²) >= 11 is 0. The second kappa shape index (κ2) is 4.64. The molecular weight excluding hydrogens is 188 g/mol. The summed E-state index contributed by atoms with van der Waals surface area (Å²) in [5.74, 6) is 1.38. The van der Waals surface area contributed by atoms with E-state index in [0.717, 1.165) is 26.1 Å². The molecule has 2 atom stereocenters. The third-order valence-corrected chi connectivity index (χ3v) is 3.25.